The lowest BCUT2D eigenvalue weighted by atomic mass is 10.0. The molecule has 0 aliphatic rings. The molecular weight excluding hydrogens is 474 g/mol. The van der Waals surface area contributed by atoms with Gasteiger partial charge in [-0.3, -0.25) is 24.2 Å². The minimum absolute atomic E-state index is 0.0363. The zero-order valence-corrected chi connectivity index (χ0v) is 20.9. The molecule has 14 N–H and O–H groups in total. The highest BCUT2D eigenvalue weighted by atomic mass is 16.4. The molecule has 0 aromatic rings. The molecule has 4 atom stereocenters. The van der Waals surface area contributed by atoms with Gasteiger partial charge in [0, 0.05) is 6.54 Å². The van der Waals surface area contributed by atoms with E-state index in [0.717, 1.165) is 0 Å². The number of hydrogen-bond donors (Lipinski definition) is 9. The van der Waals surface area contributed by atoms with E-state index in [1.807, 2.05) is 0 Å². The zero-order valence-electron chi connectivity index (χ0n) is 20.9. The van der Waals surface area contributed by atoms with Gasteiger partial charge in [0.15, 0.2) is 5.96 Å². The van der Waals surface area contributed by atoms with Crippen LogP contribution in [-0.4, -0.2) is 77.9 Å². The van der Waals surface area contributed by atoms with Crippen LogP contribution < -0.4 is 44.6 Å². The van der Waals surface area contributed by atoms with Crippen LogP contribution in [0.3, 0.4) is 0 Å². The Morgan fingerprint density at radius 1 is 0.833 bits per heavy atom. The zero-order chi connectivity index (χ0) is 27.8. The summed E-state index contributed by atoms with van der Waals surface area (Å²) >= 11 is 0. The van der Waals surface area contributed by atoms with Crippen molar-refractivity contribution < 1.29 is 29.1 Å². The minimum atomic E-state index is -1.58. The van der Waals surface area contributed by atoms with Gasteiger partial charge in [-0.25, -0.2) is 4.79 Å². The van der Waals surface area contributed by atoms with Crippen LogP contribution in [0.4, 0.5) is 0 Å². The summed E-state index contributed by atoms with van der Waals surface area (Å²) in [6.07, 6.45) is 1.41. The Bertz CT molecular complexity index is 786. The topological polar surface area (TPSA) is 284 Å². The highest BCUT2D eigenvalue weighted by Crippen LogP contribution is 2.07. The lowest BCUT2D eigenvalue weighted by molar-refractivity contribution is -0.143. The second-order valence-corrected chi connectivity index (χ2v) is 8.70. The van der Waals surface area contributed by atoms with Crippen molar-refractivity contribution in [2.24, 2.45) is 39.6 Å². The fourth-order valence-corrected chi connectivity index (χ4v) is 3.14. The third-order valence-corrected chi connectivity index (χ3v) is 5.15. The van der Waals surface area contributed by atoms with Crippen molar-refractivity contribution in [3.63, 3.8) is 0 Å². The standard InChI is InChI=1S/C21H41N9O6/c1-11(2)16(30-17(32)12(23)6-3-4-8-22)19(34)28-13(7-5-9-27-21(25)26)18(33)29-14(20(35)36)10-15(24)31/h11-14,16H,3-10,22-23H2,1-2H3,(H2,24,31)(H,28,34)(H,29,33)(H,30,32)(H,35,36)(H4,25,26,27). The highest BCUT2D eigenvalue weighted by Gasteiger charge is 2.31. The molecule has 0 bridgehead atoms. The van der Waals surface area contributed by atoms with Gasteiger partial charge >= 0.3 is 5.97 Å². The number of aliphatic carboxylic acids is 1. The van der Waals surface area contributed by atoms with Crippen LogP contribution in [0.2, 0.25) is 0 Å². The number of nitrogens with two attached hydrogens (primary N) is 5. The van der Waals surface area contributed by atoms with Crippen LogP contribution in [0.15, 0.2) is 4.99 Å². The molecule has 15 nitrogen and oxygen atoms in total. The van der Waals surface area contributed by atoms with Gasteiger partial charge in [0.2, 0.25) is 23.6 Å². The minimum Gasteiger partial charge on any atom is -0.480 e. The van der Waals surface area contributed by atoms with Gasteiger partial charge in [0.1, 0.15) is 18.1 Å². The second-order valence-electron chi connectivity index (χ2n) is 8.70. The van der Waals surface area contributed by atoms with E-state index in [-0.39, 0.29) is 31.3 Å². The van der Waals surface area contributed by atoms with Gasteiger partial charge < -0.3 is 49.7 Å². The van der Waals surface area contributed by atoms with Gasteiger partial charge in [-0.15, -0.1) is 0 Å². The van der Waals surface area contributed by atoms with Crippen molar-refractivity contribution in [1.29, 1.82) is 0 Å². The van der Waals surface area contributed by atoms with E-state index in [2.05, 4.69) is 20.9 Å². The van der Waals surface area contributed by atoms with Gasteiger partial charge in [-0.1, -0.05) is 20.3 Å². The van der Waals surface area contributed by atoms with Crippen molar-refractivity contribution in [3.05, 3.63) is 0 Å². The molecule has 0 spiro atoms. The van der Waals surface area contributed by atoms with Crippen molar-refractivity contribution >= 4 is 35.6 Å². The van der Waals surface area contributed by atoms with Gasteiger partial charge in [0.05, 0.1) is 12.5 Å². The van der Waals surface area contributed by atoms with E-state index in [1.165, 1.54) is 0 Å². The molecule has 0 saturated carbocycles. The van der Waals surface area contributed by atoms with Crippen LogP contribution in [-0.2, 0) is 24.0 Å². The number of carboxylic acids is 1. The summed E-state index contributed by atoms with van der Waals surface area (Å²) in [5.74, 6) is -4.97. The van der Waals surface area contributed by atoms with Crippen molar-refractivity contribution in [2.45, 2.75) is 76.5 Å². The molecule has 0 aromatic heterocycles. The van der Waals surface area contributed by atoms with E-state index < -0.39 is 60.2 Å². The number of carbonyl (C=O) groups excluding carboxylic acids is 4. The number of amides is 4. The van der Waals surface area contributed by atoms with Crippen LogP contribution in [0.1, 0.15) is 52.4 Å². The maximum absolute atomic E-state index is 13.0. The van der Waals surface area contributed by atoms with E-state index >= 15 is 0 Å². The van der Waals surface area contributed by atoms with E-state index in [9.17, 15) is 29.1 Å². The fraction of sp³-hybridized carbons (Fsp3) is 0.714. The number of primary amides is 1. The smallest absolute Gasteiger partial charge is 0.326 e. The summed E-state index contributed by atoms with van der Waals surface area (Å²) in [5, 5.41) is 16.6. The average Bonchev–Trinajstić information content (AvgIpc) is 2.77. The van der Waals surface area contributed by atoms with Gasteiger partial charge in [-0.05, 0) is 38.1 Å². The molecule has 4 unspecified atom stereocenters. The maximum atomic E-state index is 13.0. The van der Waals surface area contributed by atoms with Crippen molar-refractivity contribution in [2.75, 3.05) is 13.1 Å². The number of carboxylic acid groups (broad SMARTS) is 1. The van der Waals surface area contributed by atoms with E-state index in [1.54, 1.807) is 13.8 Å². The molecule has 0 fully saturated rings. The first-order chi connectivity index (χ1) is 16.8. The summed E-state index contributed by atoms with van der Waals surface area (Å²) in [4.78, 5) is 64.7. The molecule has 206 valence electrons. The van der Waals surface area contributed by atoms with Crippen molar-refractivity contribution in [3.8, 4) is 0 Å². The summed E-state index contributed by atoms with van der Waals surface area (Å²) in [6, 6.07) is -4.65. The summed E-state index contributed by atoms with van der Waals surface area (Å²) in [5.41, 5.74) is 27.0. The SMILES string of the molecule is CC(C)C(NC(=O)C(N)CCCCN)C(=O)NC(CCCN=C(N)N)C(=O)NC(CC(N)=O)C(=O)O. The number of nitrogens with zero attached hydrogens (tertiary/aromatic N) is 1. The summed E-state index contributed by atoms with van der Waals surface area (Å²) in [7, 11) is 0. The predicted octanol–water partition coefficient (Wildman–Crippen LogP) is -3.43. The number of rotatable bonds is 18. The number of nitrogens with one attached hydrogen (secondary N) is 3. The quantitative estimate of drug-likeness (QED) is 0.0494. The fourth-order valence-electron chi connectivity index (χ4n) is 3.14. The molecule has 4 amide bonds. The first-order valence-corrected chi connectivity index (χ1v) is 11.7. The largest absolute Gasteiger partial charge is 0.480 e. The van der Waals surface area contributed by atoms with E-state index in [4.69, 9.17) is 28.7 Å². The summed E-state index contributed by atoms with van der Waals surface area (Å²) < 4.78 is 0. The van der Waals surface area contributed by atoms with E-state index in [0.29, 0.717) is 25.8 Å². The monoisotopic (exact) mass is 515 g/mol. The molecule has 0 aromatic carbocycles. The first kappa shape index (κ1) is 32.5. The molecular formula is C21H41N9O6. The molecule has 36 heavy (non-hydrogen) atoms. The number of hydrogen-bond acceptors (Lipinski definition) is 8. The molecule has 15 heteroatoms. The number of unbranched alkanes of at least 4 members (excludes halogenated alkanes) is 1. The Kier molecular flexibility index (Phi) is 15.4. The Balaban J connectivity index is 5.51. The third-order valence-electron chi connectivity index (χ3n) is 5.15. The van der Waals surface area contributed by atoms with Crippen LogP contribution in [0.25, 0.3) is 0 Å². The number of carbonyl (C=O) groups is 5. The predicted molar refractivity (Wildman–Crippen MR) is 133 cm³/mol. The molecule has 0 rings (SSSR count). The molecule has 0 heterocycles. The number of aliphatic imine (C=N–C) groups is 1. The Hall–Kier alpha value is -3.46. The van der Waals surface area contributed by atoms with Crippen LogP contribution in [0.5, 0.6) is 0 Å². The second kappa shape index (κ2) is 17.0. The summed E-state index contributed by atoms with van der Waals surface area (Å²) in [6.45, 7) is 4.02. The van der Waals surface area contributed by atoms with Crippen LogP contribution in [0, 0.1) is 5.92 Å². The van der Waals surface area contributed by atoms with Gasteiger partial charge in [-0.2, -0.15) is 0 Å². The Morgan fingerprint density at radius 2 is 1.44 bits per heavy atom. The molecule has 0 aliphatic carbocycles. The Morgan fingerprint density at radius 3 is 1.94 bits per heavy atom. The normalized spacial score (nSPS) is 14.1. The van der Waals surface area contributed by atoms with Gasteiger partial charge in [0.25, 0.3) is 0 Å². The lowest BCUT2D eigenvalue weighted by Gasteiger charge is -2.27. The first-order valence-electron chi connectivity index (χ1n) is 11.7. The molecule has 0 aliphatic heterocycles. The Labute approximate surface area is 210 Å². The third kappa shape index (κ3) is 13.4. The average molecular weight is 516 g/mol. The van der Waals surface area contributed by atoms with Crippen LogP contribution >= 0.6 is 0 Å². The van der Waals surface area contributed by atoms with Crippen molar-refractivity contribution in [1.82, 2.24) is 16.0 Å². The molecule has 0 radical (unpaired) electrons. The lowest BCUT2D eigenvalue weighted by Crippen LogP contribution is -2.58. The maximum Gasteiger partial charge on any atom is 0.326 e. The number of guanidine groups is 1. The molecule has 0 saturated heterocycles. The highest BCUT2D eigenvalue weighted by molar-refractivity contribution is 5.95.